The van der Waals surface area contributed by atoms with Crippen molar-refractivity contribution in [3.8, 4) is 0 Å². The third kappa shape index (κ3) is 3.12. The Morgan fingerprint density at radius 3 is 2.50 bits per heavy atom. The zero-order chi connectivity index (χ0) is 12.2. The summed E-state index contributed by atoms with van der Waals surface area (Å²) in [6.07, 6.45) is 4.23. The molecule has 0 N–H and O–H groups in total. The first-order valence-electron chi connectivity index (χ1n) is 7.39. The lowest BCUT2D eigenvalue weighted by atomic mass is 10.1. The molecule has 2 heteroatoms. The summed E-state index contributed by atoms with van der Waals surface area (Å²) in [5, 5.41) is 0. The molecule has 0 unspecified atom stereocenters. The van der Waals surface area contributed by atoms with Gasteiger partial charge in [0.2, 0.25) is 0 Å². The van der Waals surface area contributed by atoms with Crippen LogP contribution < -0.4 is 0 Å². The zero-order valence-electron chi connectivity index (χ0n) is 11.2. The Hall–Kier alpha value is -0.860. The fourth-order valence-electron chi connectivity index (χ4n) is 3.38. The van der Waals surface area contributed by atoms with E-state index >= 15 is 0 Å². The van der Waals surface area contributed by atoms with Crippen molar-refractivity contribution in [2.45, 2.75) is 25.8 Å². The van der Waals surface area contributed by atoms with Gasteiger partial charge in [0.05, 0.1) is 0 Å². The Morgan fingerprint density at radius 1 is 0.944 bits per heavy atom. The van der Waals surface area contributed by atoms with Crippen LogP contribution in [0.25, 0.3) is 0 Å². The van der Waals surface area contributed by atoms with Crippen LogP contribution in [0.3, 0.4) is 0 Å². The van der Waals surface area contributed by atoms with Gasteiger partial charge in [-0.25, -0.2) is 0 Å². The van der Waals surface area contributed by atoms with Crippen molar-refractivity contribution < 1.29 is 0 Å². The first-order valence-corrected chi connectivity index (χ1v) is 7.39. The highest BCUT2D eigenvalue weighted by atomic mass is 15.2. The second-order valence-electron chi connectivity index (χ2n) is 5.88. The van der Waals surface area contributed by atoms with Crippen LogP contribution in [-0.2, 0) is 6.54 Å². The van der Waals surface area contributed by atoms with E-state index in [-0.39, 0.29) is 0 Å². The van der Waals surface area contributed by atoms with Crippen LogP contribution >= 0.6 is 0 Å². The van der Waals surface area contributed by atoms with Gasteiger partial charge < -0.3 is 4.90 Å². The summed E-state index contributed by atoms with van der Waals surface area (Å²) in [7, 11) is 0. The molecule has 2 saturated heterocycles. The van der Waals surface area contributed by atoms with E-state index in [2.05, 4.69) is 40.1 Å². The molecule has 3 rings (SSSR count). The maximum absolute atomic E-state index is 2.66. The molecule has 1 aromatic rings. The van der Waals surface area contributed by atoms with Crippen LogP contribution in [0.2, 0.25) is 0 Å². The molecule has 2 heterocycles. The monoisotopic (exact) mass is 244 g/mol. The standard InChI is InChI=1S/C16H24N2/c1-2-6-15(7-3-1)12-18-11-8-16(14-18)13-17-9-4-5-10-17/h1-3,6-7,16H,4-5,8-14H2/t16-/m1/s1. The van der Waals surface area contributed by atoms with Gasteiger partial charge in [0.25, 0.3) is 0 Å². The van der Waals surface area contributed by atoms with Gasteiger partial charge in [0.1, 0.15) is 0 Å². The molecule has 0 radical (unpaired) electrons. The van der Waals surface area contributed by atoms with Crippen molar-refractivity contribution >= 4 is 0 Å². The second kappa shape index (κ2) is 5.85. The molecule has 98 valence electrons. The smallest absolute Gasteiger partial charge is 0.0233 e. The minimum Gasteiger partial charge on any atom is -0.303 e. The van der Waals surface area contributed by atoms with Crippen LogP contribution in [0, 0.1) is 5.92 Å². The Kier molecular flexibility index (Phi) is 3.96. The minimum absolute atomic E-state index is 0.909. The summed E-state index contributed by atoms with van der Waals surface area (Å²) in [6.45, 7) is 7.74. The number of benzene rings is 1. The maximum atomic E-state index is 2.66. The van der Waals surface area contributed by atoms with Crippen LogP contribution in [0.15, 0.2) is 30.3 Å². The quantitative estimate of drug-likeness (QED) is 0.803. The predicted octanol–water partition coefficient (Wildman–Crippen LogP) is 2.60. The summed E-state index contributed by atoms with van der Waals surface area (Å²) < 4.78 is 0. The fraction of sp³-hybridized carbons (Fsp3) is 0.625. The van der Waals surface area contributed by atoms with E-state index in [0.29, 0.717) is 0 Å². The number of rotatable bonds is 4. The Bertz CT molecular complexity index is 357. The van der Waals surface area contributed by atoms with E-state index < -0.39 is 0 Å². The molecule has 2 aliphatic heterocycles. The normalized spacial score (nSPS) is 25.9. The average molecular weight is 244 g/mol. The highest BCUT2D eigenvalue weighted by Gasteiger charge is 2.25. The van der Waals surface area contributed by atoms with E-state index in [0.717, 1.165) is 12.5 Å². The first kappa shape index (κ1) is 12.2. The molecule has 0 amide bonds. The van der Waals surface area contributed by atoms with Gasteiger partial charge in [-0.15, -0.1) is 0 Å². The molecule has 1 atom stereocenters. The van der Waals surface area contributed by atoms with Crippen molar-refractivity contribution in [1.82, 2.24) is 9.80 Å². The predicted molar refractivity (Wildman–Crippen MR) is 75.5 cm³/mol. The molecule has 0 aromatic heterocycles. The van der Waals surface area contributed by atoms with Crippen molar-refractivity contribution in [2.75, 3.05) is 32.7 Å². The second-order valence-corrected chi connectivity index (χ2v) is 5.88. The molecule has 18 heavy (non-hydrogen) atoms. The largest absolute Gasteiger partial charge is 0.303 e. The highest BCUT2D eigenvalue weighted by Crippen LogP contribution is 2.21. The number of nitrogens with zero attached hydrogens (tertiary/aromatic N) is 2. The molecule has 0 aliphatic carbocycles. The number of likely N-dealkylation sites (tertiary alicyclic amines) is 2. The van der Waals surface area contributed by atoms with Crippen molar-refractivity contribution in [3.05, 3.63) is 35.9 Å². The zero-order valence-corrected chi connectivity index (χ0v) is 11.2. The van der Waals surface area contributed by atoms with Gasteiger partial charge in [0, 0.05) is 19.6 Å². The summed E-state index contributed by atoms with van der Waals surface area (Å²) in [5.74, 6) is 0.909. The van der Waals surface area contributed by atoms with Crippen molar-refractivity contribution in [1.29, 1.82) is 0 Å². The lowest BCUT2D eigenvalue weighted by Crippen LogP contribution is -2.28. The molecule has 0 spiro atoms. The SMILES string of the molecule is c1ccc(CN2CC[C@H](CN3CCCC3)C2)cc1. The topological polar surface area (TPSA) is 6.48 Å². The van der Waals surface area contributed by atoms with E-state index in [1.807, 2.05) is 0 Å². The lowest BCUT2D eigenvalue weighted by molar-refractivity contribution is 0.261. The Labute approximate surface area is 111 Å². The summed E-state index contributed by atoms with van der Waals surface area (Å²) >= 11 is 0. The lowest BCUT2D eigenvalue weighted by Gasteiger charge is -2.20. The van der Waals surface area contributed by atoms with Crippen LogP contribution in [0.5, 0.6) is 0 Å². The average Bonchev–Trinajstić information content (AvgIpc) is 3.03. The van der Waals surface area contributed by atoms with E-state index in [1.165, 1.54) is 57.5 Å². The van der Waals surface area contributed by atoms with Crippen LogP contribution in [-0.4, -0.2) is 42.5 Å². The molecule has 2 nitrogen and oxygen atoms in total. The number of hydrogen-bond acceptors (Lipinski definition) is 2. The van der Waals surface area contributed by atoms with E-state index in [1.54, 1.807) is 0 Å². The van der Waals surface area contributed by atoms with Crippen molar-refractivity contribution in [2.24, 2.45) is 5.92 Å². The van der Waals surface area contributed by atoms with Crippen LogP contribution in [0.1, 0.15) is 24.8 Å². The van der Waals surface area contributed by atoms with Crippen LogP contribution in [0.4, 0.5) is 0 Å². The molecule has 2 fully saturated rings. The maximum Gasteiger partial charge on any atom is 0.0233 e. The minimum atomic E-state index is 0.909. The highest BCUT2D eigenvalue weighted by molar-refractivity contribution is 5.14. The van der Waals surface area contributed by atoms with Gasteiger partial charge in [-0.1, -0.05) is 30.3 Å². The van der Waals surface area contributed by atoms with Gasteiger partial charge >= 0.3 is 0 Å². The van der Waals surface area contributed by atoms with Gasteiger partial charge in [-0.3, -0.25) is 4.90 Å². The molecule has 2 aliphatic rings. The van der Waals surface area contributed by atoms with Gasteiger partial charge in [-0.2, -0.15) is 0 Å². The Morgan fingerprint density at radius 2 is 1.72 bits per heavy atom. The van der Waals surface area contributed by atoms with Gasteiger partial charge in [0.15, 0.2) is 0 Å². The van der Waals surface area contributed by atoms with Crippen molar-refractivity contribution in [3.63, 3.8) is 0 Å². The van der Waals surface area contributed by atoms with E-state index in [9.17, 15) is 0 Å². The summed E-state index contributed by atoms with van der Waals surface area (Å²) in [4.78, 5) is 5.28. The third-order valence-electron chi connectivity index (χ3n) is 4.33. The molecule has 0 saturated carbocycles. The fourth-order valence-corrected chi connectivity index (χ4v) is 3.38. The molecule has 1 aromatic carbocycles. The van der Waals surface area contributed by atoms with E-state index in [4.69, 9.17) is 0 Å². The molecule has 0 bridgehead atoms. The summed E-state index contributed by atoms with van der Waals surface area (Å²) in [5.41, 5.74) is 1.46. The van der Waals surface area contributed by atoms with Gasteiger partial charge in [-0.05, 0) is 50.4 Å². The summed E-state index contributed by atoms with van der Waals surface area (Å²) in [6, 6.07) is 10.9. The number of hydrogen-bond donors (Lipinski definition) is 0. The third-order valence-corrected chi connectivity index (χ3v) is 4.33. The first-order chi connectivity index (χ1) is 8.90. The molecular weight excluding hydrogens is 220 g/mol. The Balaban J connectivity index is 1.46. The molecular formula is C16H24N2.